The molecule has 0 aliphatic heterocycles. The second-order valence-electron chi connectivity index (χ2n) is 2.88. The average molecular weight is 243 g/mol. The average Bonchev–Trinajstić information content (AvgIpc) is 2.20. The quantitative estimate of drug-likeness (QED) is 0.758. The Morgan fingerprint density at radius 1 is 0.714 bits per heavy atom. The molecular weight excluding hydrogens is 230 g/mol. The molecular formula is C12H13GaO. The van der Waals surface area contributed by atoms with Crippen LogP contribution in [0.1, 0.15) is 0 Å². The van der Waals surface area contributed by atoms with Gasteiger partial charge in [-0.15, -0.1) is 0 Å². The summed E-state index contributed by atoms with van der Waals surface area (Å²) >= 11 is 0. The molecule has 0 aliphatic carbocycles. The standard InChI is InChI=1S/C12H10O.Ga.3H/c13-12-9-5-4-8-11(12)10-6-2-1-3-7-10;;;;/h1-9,13H;;;;. The normalized spacial score (nSPS) is 9.14. The van der Waals surface area contributed by atoms with Crippen molar-refractivity contribution in [1.82, 2.24) is 0 Å². The second kappa shape index (κ2) is 4.93. The van der Waals surface area contributed by atoms with Crippen LogP contribution in [0.3, 0.4) is 0 Å². The predicted octanol–water partition coefficient (Wildman–Crippen LogP) is 1.88. The monoisotopic (exact) mass is 242 g/mol. The van der Waals surface area contributed by atoms with E-state index in [2.05, 4.69) is 0 Å². The molecule has 0 heterocycles. The van der Waals surface area contributed by atoms with Gasteiger partial charge in [0.15, 0.2) is 0 Å². The van der Waals surface area contributed by atoms with Crippen molar-refractivity contribution in [3.63, 3.8) is 0 Å². The third kappa shape index (κ3) is 2.22. The third-order valence-electron chi connectivity index (χ3n) is 1.99. The van der Waals surface area contributed by atoms with Crippen LogP contribution in [-0.2, 0) is 0 Å². The van der Waals surface area contributed by atoms with Gasteiger partial charge in [-0.2, -0.15) is 0 Å². The van der Waals surface area contributed by atoms with Gasteiger partial charge in [-0.3, -0.25) is 0 Å². The fraction of sp³-hybridized carbons (Fsp3) is 0. The Balaban J connectivity index is 0.000000980. The Morgan fingerprint density at radius 2 is 1.29 bits per heavy atom. The summed E-state index contributed by atoms with van der Waals surface area (Å²) in [6.07, 6.45) is 0. The first-order valence-electron chi connectivity index (χ1n) is 4.21. The van der Waals surface area contributed by atoms with Crippen molar-refractivity contribution < 1.29 is 5.11 Å². The number of rotatable bonds is 1. The number of hydrogen-bond acceptors (Lipinski definition) is 1. The Hall–Kier alpha value is -1.12. The molecule has 0 saturated carbocycles. The van der Waals surface area contributed by atoms with Gasteiger partial charge in [0.05, 0.1) is 0 Å². The summed E-state index contributed by atoms with van der Waals surface area (Å²) in [5, 5.41) is 9.56. The molecule has 0 spiro atoms. The zero-order valence-corrected chi connectivity index (χ0v) is 7.14. The van der Waals surface area contributed by atoms with Gasteiger partial charge in [-0.1, -0.05) is 48.5 Å². The van der Waals surface area contributed by atoms with Gasteiger partial charge < -0.3 is 5.11 Å². The molecule has 0 aliphatic rings. The first-order chi connectivity index (χ1) is 6.38. The summed E-state index contributed by atoms with van der Waals surface area (Å²) < 4.78 is 0. The van der Waals surface area contributed by atoms with Crippen LogP contribution in [0.5, 0.6) is 5.75 Å². The van der Waals surface area contributed by atoms with Crippen LogP contribution < -0.4 is 0 Å². The number of aromatic hydroxyl groups is 1. The Morgan fingerprint density at radius 3 is 1.93 bits per heavy atom. The zero-order chi connectivity index (χ0) is 9.10. The molecule has 2 aromatic carbocycles. The fourth-order valence-electron chi connectivity index (χ4n) is 1.34. The van der Waals surface area contributed by atoms with Gasteiger partial charge in [0.2, 0.25) is 0 Å². The maximum absolute atomic E-state index is 9.56. The molecule has 0 atom stereocenters. The number of phenolic OH excluding ortho intramolecular Hbond substituents is 1. The van der Waals surface area contributed by atoms with Crippen LogP contribution in [-0.4, -0.2) is 24.9 Å². The Kier molecular flexibility index (Phi) is 3.86. The van der Waals surface area contributed by atoms with Crippen molar-refractivity contribution in [1.29, 1.82) is 0 Å². The van der Waals surface area contributed by atoms with Gasteiger partial charge in [0.25, 0.3) is 0 Å². The third-order valence-corrected chi connectivity index (χ3v) is 1.99. The van der Waals surface area contributed by atoms with Gasteiger partial charge >= 0.3 is 19.8 Å². The molecule has 0 radical (unpaired) electrons. The summed E-state index contributed by atoms with van der Waals surface area (Å²) in [4.78, 5) is 0. The molecule has 1 N–H and O–H groups in total. The van der Waals surface area contributed by atoms with Crippen molar-refractivity contribution >= 4 is 19.8 Å². The molecule has 0 amide bonds. The van der Waals surface area contributed by atoms with E-state index in [1.807, 2.05) is 48.5 Å². The van der Waals surface area contributed by atoms with E-state index in [0.717, 1.165) is 11.1 Å². The van der Waals surface area contributed by atoms with Crippen molar-refractivity contribution in [3.05, 3.63) is 54.6 Å². The Labute approximate surface area is 96.5 Å². The SMILES string of the molecule is Oc1ccccc1-c1ccccc1.[GaH3]. The van der Waals surface area contributed by atoms with E-state index >= 15 is 0 Å². The minimum absolute atomic E-state index is 0. The summed E-state index contributed by atoms with van der Waals surface area (Å²) in [5.74, 6) is 0.328. The Bertz CT molecular complexity index is 398. The molecule has 0 aromatic heterocycles. The van der Waals surface area contributed by atoms with E-state index in [1.165, 1.54) is 0 Å². The van der Waals surface area contributed by atoms with E-state index in [4.69, 9.17) is 0 Å². The van der Waals surface area contributed by atoms with Gasteiger partial charge in [0.1, 0.15) is 5.75 Å². The van der Waals surface area contributed by atoms with E-state index < -0.39 is 0 Å². The number of phenols is 1. The van der Waals surface area contributed by atoms with E-state index in [1.54, 1.807) is 6.07 Å². The molecule has 0 saturated heterocycles. The molecule has 2 rings (SSSR count). The van der Waals surface area contributed by atoms with E-state index in [-0.39, 0.29) is 19.8 Å². The van der Waals surface area contributed by atoms with Crippen LogP contribution in [0.25, 0.3) is 11.1 Å². The fourth-order valence-corrected chi connectivity index (χ4v) is 1.34. The molecule has 0 unspecified atom stereocenters. The number of para-hydroxylation sites is 1. The van der Waals surface area contributed by atoms with Crippen molar-refractivity contribution in [2.75, 3.05) is 0 Å². The molecule has 0 bridgehead atoms. The molecule has 14 heavy (non-hydrogen) atoms. The molecule has 2 aromatic rings. The molecule has 70 valence electrons. The second-order valence-corrected chi connectivity index (χ2v) is 2.88. The molecule has 1 nitrogen and oxygen atoms in total. The summed E-state index contributed by atoms with van der Waals surface area (Å²) in [7, 11) is 0. The topological polar surface area (TPSA) is 20.2 Å². The molecule has 2 heteroatoms. The number of benzene rings is 2. The van der Waals surface area contributed by atoms with Crippen molar-refractivity contribution in [2.45, 2.75) is 0 Å². The predicted molar refractivity (Wildman–Crippen MR) is 63.5 cm³/mol. The van der Waals surface area contributed by atoms with Crippen LogP contribution in [0.2, 0.25) is 0 Å². The van der Waals surface area contributed by atoms with Gasteiger partial charge in [0, 0.05) is 5.56 Å². The van der Waals surface area contributed by atoms with E-state index in [9.17, 15) is 5.11 Å². The first kappa shape index (κ1) is 11.0. The van der Waals surface area contributed by atoms with Crippen molar-refractivity contribution in [3.8, 4) is 16.9 Å². The molecule has 0 fully saturated rings. The maximum atomic E-state index is 9.56. The van der Waals surface area contributed by atoms with E-state index in [0.29, 0.717) is 5.75 Å². The summed E-state index contributed by atoms with van der Waals surface area (Å²) in [6.45, 7) is 0. The summed E-state index contributed by atoms with van der Waals surface area (Å²) in [5.41, 5.74) is 1.92. The van der Waals surface area contributed by atoms with Crippen molar-refractivity contribution in [2.24, 2.45) is 0 Å². The van der Waals surface area contributed by atoms with Crippen LogP contribution in [0.15, 0.2) is 54.6 Å². The minimum atomic E-state index is 0. The van der Waals surface area contributed by atoms with Gasteiger partial charge in [-0.25, -0.2) is 0 Å². The first-order valence-corrected chi connectivity index (χ1v) is 4.21. The van der Waals surface area contributed by atoms with Gasteiger partial charge in [-0.05, 0) is 11.6 Å². The number of hydrogen-bond donors (Lipinski definition) is 1. The summed E-state index contributed by atoms with van der Waals surface area (Å²) in [6, 6.07) is 17.2. The van der Waals surface area contributed by atoms with Crippen LogP contribution in [0.4, 0.5) is 0 Å². The zero-order valence-electron chi connectivity index (χ0n) is 7.14. The van der Waals surface area contributed by atoms with Crippen LogP contribution in [0, 0.1) is 0 Å². The van der Waals surface area contributed by atoms with Crippen LogP contribution >= 0.6 is 0 Å².